The summed E-state index contributed by atoms with van der Waals surface area (Å²) >= 11 is 0. The molecule has 0 aliphatic carbocycles. The number of pyridine rings is 1. The van der Waals surface area contributed by atoms with Crippen LogP contribution in [0, 0.1) is 6.92 Å². The molecular weight excluding hydrogens is 416 g/mol. The van der Waals surface area contributed by atoms with E-state index < -0.39 is 0 Å². The van der Waals surface area contributed by atoms with Crippen LogP contribution in [0.15, 0.2) is 48.8 Å². The van der Waals surface area contributed by atoms with E-state index in [2.05, 4.69) is 39.1 Å². The monoisotopic (exact) mass is 448 g/mol. The van der Waals surface area contributed by atoms with Crippen LogP contribution < -0.4 is 4.74 Å². The third-order valence-electron chi connectivity index (χ3n) is 5.78. The molecule has 174 valence electrons. The van der Waals surface area contributed by atoms with Crippen molar-refractivity contribution in [3.63, 3.8) is 0 Å². The van der Waals surface area contributed by atoms with Gasteiger partial charge in [0.25, 0.3) is 0 Å². The predicted octanol–water partition coefficient (Wildman–Crippen LogP) is 3.54. The van der Waals surface area contributed by atoms with Crippen molar-refractivity contribution in [3.05, 3.63) is 82.7 Å². The van der Waals surface area contributed by atoms with Gasteiger partial charge in [0.1, 0.15) is 17.7 Å². The molecule has 1 saturated heterocycles. The molecule has 1 atom stereocenters. The fourth-order valence-electron chi connectivity index (χ4n) is 4.08. The van der Waals surface area contributed by atoms with Gasteiger partial charge in [0.15, 0.2) is 0 Å². The molecule has 33 heavy (non-hydrogen) atoms. The zero-order valence-corrected chi connectivity index (χ0v) is 19.7. The molecule has 1 aliphatic heterocycles. The van der Waals surface area contributed by atoms with Crippen LogP contribution in [-0.2, 0) is 28.9 Å². The van der Waals surface area contributed by atoms with E-state index in [0.29, 0.717) is 13.2 Å². The van der Waals surface area contributed by atoms with Crippen LogP contribution in [0.5, 0.6) is 5.75 Å². The fraction of sp³-hybridized carbons (Fsp3) is 0.423. The number of ether oxygens (including phenoxy) is 3. The van der Waals surface area contributed by atoms with Crippen molar-refractivity contribution in [1.82, 2.24) is 19.9 Å². The number of hydrogen-bond acceptors (Lipinski definition) is 7. The summed E-state index contributed by atoms with van der Waals surface area (Å²) < 4.78 is 16.5. The van der Waals surface area contributed by atoms with Gasteiger partial charge >= 0.3 is 0 Å². The minimum atomic E-state index is -0.0461. The number of morpholine rings is 1. The predicted molar refractivity (Wildman–Crippen MR) is 126 cm³/mol. The van der Waals surface area contributed by atoms with E-state index in [4.69, 9.17) is 19.2 Å². The molecule has 0 amide bonds. The van der Waals surface area contributed by atoms with E-state index in [-0.39, 0.29) is 6.10 Å². The Morgan fingerprint density at radius 2 is 1.82 bits per heavy atom. The number of hydrogen-bond donors (Lipinski definition) is 0. The van der Waals surface area contributed by atoms with Gasteiger partial charge in [-0.1, -0.05) is 12.1 Å². The van der Waals surface area contributed by atoms with Crippen LogP contribution >= 0.6 is 0 Å². The summed E-state index contributed by atoms with van der Waals surface area (Å²) in [4.78, 5) is 16.1. The first-order valence-corrected chi connectivity index (χ1v) is 11.4. The van der Waals surface area contributed by atoms with E-state index in [9.17, 15) is 0 Å². The first kappa shape index (κ1) is 23.3. The Balaban J connectivity index is 1.40. The van der Waals surface area contributed by atoms with E-state index in [1.807, 2.05) is 31.5 Å². The molecule has 3 heterocycles. The number of aryl methyl sites for hydroxylation is 1. The molecule has 0 bridgehead atoms. The van der Waals surface area contributed by atoms with E-state index in [1.54, 1.807) is 14.2 Å². The summed E-state index contributed by atoms with van der Waals surface area (Å²) in [6.45, 7) is 5.84. The number of nitrogens with zero attached hydrogens (tertiary/aromatic N) is 4. The van der Waals surface area contributed by atoms with Crippen molar-refractivity contribution in [2.45, 2.75) is 32.4 Å². The molecule has 0 saturated carbocycles. The Morgan fingerprint density at radius 3 is 2.55 bits per heavy atom. The van der Waals surface area contributed by atoms with Gasteiger partial charge in [0.2, 0.25) is 0 Å². The molecule has 1 fully saturated rings. The Labute approximate surface area is 195 Å². The second-order valence-electron chi connectivity index (χ2n) is 8.41. The molecule has 2 aromatic heterocycles. The summed E-state index contributed by atoms with van der Waals surface area (Å²) in [5.41, 5.74) is 5.59. The topological polar surface area (TPSA) is 69.6 Å². The van der Waals surface area contributed by atoms with Gasteiger partial charge in [0, 0.05) is 56.8 Å². The van der Waals surface area contributed by atoms with Gasteiger partial charge in [0.05, 0.1) is 26.0 Å². The van der Waals surface area contributed by atoms with Crippen molar-refractivity contribution in [3.8, 4) is 5.75 Å². The summed E-state index contributed by atoms with van der Waals surface area (Å²) in [6.07, 6.45) is 5.37. The lowest BCUT2D eigenvalue weighted by molar-refractivity contribution is -0.0351. The van der Waals surface area contributed by atoms with Crippen molar-refractivity contribution in [2.75, 3.05) is 40.5 Å². The summed E-state index contributed by atoms with van der Waals surface area (Å²) in [5.74, 6) is 1.69. The average molecular weight is 449 g/mol. The van der Waals surface area contributed by atoms with E-state index >= 15 is 0 Å². The maximum absolute atomic E-state index is 6.12. The van der Waals surface area contributed by atoms with Gasteiger partial charge in [-0.3, -0.25) is 9.88 Å². The molecule has 7 heteroatoms. The zero-order valence-electron chi connectivity index (χ0n) is 19.7. The lowest BCUT2D eigenvalue weighted by atomic mass is 10.0. The Bertz CT molecular complexity index is 1020. The highest BCUT2D eigenvalue weighted by Crippen LogP contribution is 2.24. The number of benzene rings is 1. The van der Waals surface area contributed by atoms with Gasteiger partial charge in [-0.25, -0.2) is 9.97 Å². The minimum absolute atomic E-state index is 0.0461. The van der Waals surface area contributed by atoms with E-state index in [0.717, 1.165) is 61.0 Å². The van der Waals surface area contributed by atoms with E-state index in [1.165, 1.54) is 11.1 Å². The van der Waals surface area contributed by atoms with Gasteiger partial charge in [-0.2, -0.15) is 0 Å². The molecule has 1 unspecified atom stereocenters. The van der Waals surface area contributed by atoms with Crippen LogP contribution in [0.25, 0.3) is 0 Å². The number of aromatic nitrogens is 3. The highest BCUT2D eigenvalue weighted by molar-refractivity contribution is 5.33. The maximum atomic E-state index is 6.12. The number of rotatable bonds is 9. The average Bonchev–Trinajstić information content (AvgIpc) is 2.84. The molecule has 0 N–H and O–H groups in total. The standard InChI is InChI=1S/C26H32N4O3/c1-19-12-21(13-20-4-6-23(32-3)7-5-20)14-24(29-19)25-18-30(9-11-33-25)17-22-15-27-26(28-16-22)8-10-31-2/h4-7,12,14-16,25H,8-11,13,17-18H2,1-3H3. The fourth-order valence-corrected chi connectivity index (χ4v) is 4.08. The third-order valence-corrected chi connectivity index (χ3v) is 5.78. The maximum Gasteiger partial charge on any atom is 0.130 e. The molecule has 0 radical (unpaired) electrons. The quantitative estimate of drug-likeness (QED) is 0.496. The van der Waals surface area contributed by atoms with Crippen molar-refractivity contribution >= 4 is 0 Å². The van der Waals surface area contributed by atoms with Crippen LogP contribution in [0.4, 0.5) is 0 Å². The van der Waals surface area contributed by atoms with Crippen molar-refractivity contribution in [1.29, 1.82) is 0 Å². The number of methoxy groups -OCH3 is 2. The Hall–Kier alpha value is -2.87. The second kappa shape index (κ2) is 11.3. The molecular formula is C26H32N4O3. The Kier molecular flexibility index (Phi) is 7.99. The van der Waals surface area contributed by atoms with Crippen LogP contribution in [0.2, 0.25) is 0 Å². The van der Waals surface area contributed by atoms with Crippen molar-refractivity contribution < 1.29 is 14.2 Å². The van der Waals surface area contributed by atoms with Gasteiger partial charge in [-0.15, -0.1) is 0 Å². The van der Waals surface area contributed by atoms with Gasteiger partial charge in [-0.05, 0) is 48.7 Å². The summed E-state index contributed by atoms with van der Waals surface area (Å²) in [6, 6.07) is 12.5. The normalized spacial score (nSPS) is 16.6. The second-order valence-corrected chi connectivity index (χ2v) is 8.41. The minimum Gasteiger partial charge on any atom is -0.497 e. The molecule has 1 aromatic carbocycles. The highest BCUT2D eigenvalue weighted by atomic mass is 16.5. The summed E-state index contributed by atoms with van der Waals surface area (Å²) in [7, 11) is 3.38. The van der Waals surface area contributed by atoms with Crippen LogP contribution in [0.1, 0.15) is 40.0 Å². The third kappa shape index (κ3) is 6.57. The lowest BCUT2D eigenvalue weighted by Crippen LogP contribution is -2.38. The summed E-state index contributed by atoms with van der Waals surface area (Å²) in [5, 5.41) is 0. The molecule has 1 aliphatic rings. The lowest BCUT2D eigenvalue weighted by Gasteiger charge is -2.32. The SMILES string of the molecule is COCCc1ncc(CN2CCOC(c3cc(Cc4ccc(OC)cc4)cc(C)n3)C2)cn1. The van der Waals surface area contributed by atoms with Crippen LogP contribution in [-0.4, -0.2) is 60.4 Å². The van der Waals surface area contributed by atoms with Crippen molar-refractivity contribution in [2.24, 2.45) is 0 Å². The van der Waals surface area contributed by atoms with Crippen LogP contribution in [0.3, 0.4) is 0 Å². The van der Waals surface area contributed by atoms with Gasteiger partial charge < -0.3 is 14.2 Å². The first-order chi connectivity index (χ1) is 16.1. The molecule has 7 nitrogen and oxygen atoms in total. The molecule has 3 aromatic rings. The highest BCUT2D eigenvalue weighted by Gasteiger charge is 2.24. The first-order valence-electron chi connectivity index (χ1n) is 11.4. The largest absolute Gasteiger partial charge is 0.497 e. The Morgan fingerprint density at radius 1 is 1.03 bits per heavy atom. The zero-order chi connectivity index (χ0) is 23.0. The molecule has 4 rings (SSSR count). The molecule has 0 spiro atoms. The smallest absolute Gasteiger partial charge is 0.130 e.